The van der Waals surface area contributed by atoms with Crippen LogP contribution in [0.25, 0.3) is 5.69 Å². The molecule has 1 N–H and O–H groups in total. The van der Waals surface area contributed by atoms with E-state index in [0.717, 1.165) is 6.20 Å². The number of carbonyl (C=O) groups excluding carboxylic acids is 1. The first kappa shape index (κ1) is 22.6. The average molecular weight is 445 g/mol. The lowest BCUT2D eigenvalue weighted by Crippen LogP contribution is -2.52. The van der Waals surface area contributed by atoms with Crippen molar-refractivity contribution in [2.24, 2.45) is 0 Å². The molecule has 1 aromatic heterocycles. The molecule has 1 fully saturated rings. The Balaban J connectivity index is 1.77. The highest BCUT2D eigenvalue weighted by Gasteiger charge is 2.40. The molecule has 164 valence electrons. The van der Waals surface area contributed by atoms with Crippen LogP contribution in [0.15, 0.2) is 30.5 Å². The van der Waals surface area contributed by atoms with Gasteiger partial charge in [0.1, 0.15) is 0 Å². The molecule has 1 saturated heterocycles. The van der Waals surface area contributed by atoms with E-state index in [1.807, 2.05) is 20.8 Å². The van der Waals surface area contributed by atoms with Crippen molar-refractivity contribution in [3.8, 4) is 5.69 Å². The average Bonchev–Trinajstić information content (AvgIpc) is 3.11. The number of rotatable bonds is 5. The van der Waals surface area contributed by atoms with Crippen LogP contribution in [0.1, 0.15) is 36.8 Å². The molecule has 0 saturated carbocycles. The number of hydrogen-bond donors (Lipinski definition) is 1. The number of carbonyl (C=O) groups is 1. The Hall–Kier alpha value is -2.10. The zero-order chi connectivity index (χ0) is 22.1. The number of nitrogens with zero attached hydrogens (tertiary/aromatic N) is 3. The van der Waals surface area contributed by atoms with E-state index in [4.69, 9.17) is 16.3 Å². The quantitative estimate of drug-likeness (QED) is 0.762. The molecule has 0 spiro atoms. The SMILES string of the molecule is CC1CN(C(C)CNC(=O)c2cnn(-c3cccc(Cl)c3)c2C(F)(F)F)CC(C)O1. The number of benzene rings is 1. The standard InChI is InChI=1S/C20H24ClF3N4O2/c1-12(27-10-13(2)30-14(3)11-27)8-25-19(29)17-9-26-28(18(17)20(22,23)24)16-6-4-5-15(21)7-16/h4-7,9,12-14H,8,10-11H2,1-3H3,(H,25,29). The van der Waals surface area contributed by atoms with Gasteiger partial charge in [0.25, 0.3) is 5.91 Å². The van der Waals surface area contributed by atoms with E-state index >= 15 is 0 Å². The van der Waals surface area contributed by atoms with Gasteiger partial charge in [-0.05, 0) is 39.0 Å². The summed E-state index contributed by atoms with van der Waals surface area (Å²) in [4.78, 5) is 14.8. The minimum Gasteiger partial charge on any atom is -0.373 e. The molecule has 3 rings (SSSR count). The summed E-state index contributed by atoms with van der Waals surface area (Å²) < 4.78 is 47.7. The van der Waals surface area contributed by atoms with Gasteiger partial charge in [-0.15, -0.1) is 0 Å². The first-order chi connectivity index (χ1) is 14.1. The number of amides is 1. The van der Waals surface area contributed by atoms with E-state index in [0.29, 0.717) is 17.8 Å². The van der Waals surface area contributed by atoms with Crippen LogP contribution < -0.4 is 5.32 Å². The Kier molecular flexibility index (Phi) is 6.74. The van der Waals surface area contributed by atoms with Gasteiger partial charge in [0.2, 0.25) is 0 Å². The normalized spacial score (nSPS) is 21.4. The first-order valence-electron chi connectivity index (χ1n) is 9.65. The van der Waals surface area contributed by atoms with Crippen LogP contribution in [0.4, 0.5) is 13.2 Å². The summed E-state index contributed by atoms with van der Waals surface area (Å²) in [5.41, 5.74) is -1.54. The van der Waals surface area contributed by atoms with Gasteiger partial charge in [-0.3, -0.25) is 9.69 Å². The van der Waals surface area contributed by atoms with E-state index in [9.17, 15) is 18.0 Å². The molecule has 3 unspecified atom stereocenters. The van der Waals surface area contributed by atoms with Crippen molar-refractivity contribution in [1.82, 2.24) is 20.0 Å². The Bertz CT molecular complexity index is 892. The zero-order valence-electron chi connectivity index (χ0n) is 16.9. The van der Waals surface area contributed by atoms with Gasteiger partial charge in [-0.25, -0.2) is 4.68 Å². The predicted octanol–water partition coefficient (Wildman–Crippen LogP) is 3.77. The largest absolute Gasteiger partial charge is 0.434 e. The summed E-state index contributed by atoms with van der Waals surface area (Å²) >= 11 is 5.89. The number of ether oxygens (including phenoxy) is 1. The van der Waals surface area contributed by atoms with Crippen LogP contribution in [0.3, 0.4) is 0 Å². The minimum absolute atomic E-state index is 0.0552. The Morgan fingerprint density at radius 1 is 1.33 bits per heavy atom. The van der Waals surface area contributed by atoms with Crippen LogP contribution in [0, 0.1) is 0 Å². The summed E-state index contributed by atoms with van der Waals surface area (Å²) in [5.74, 6) is -0.822. The molecule has 3 atom stereocenters. The smallest absolute Gasteiger partial charge is 0.373 e. The number of hydrogen-bond acceptors (Lipinski definition) is 4. The van der Waals surface area contributed by atoms with Crippen molar-refractivity contribution < 1.29 is 22.7 Å². The molecule has 2 aromatic rings. The Labute approximate surface area is 177 Å². The second-order valence-corrected chi connectivity index (χ2v) is 8.00. The highest BCUT2D eigenvalue weighted by atomic mass is 35.5. The summed E-state index contributed by atoms with van der Waals surface area (Å²) in [6, 6.07) is 5.81. The molecule has 0 aliphatic carbocycles. The lowest BCUT2D eigenvalue weighted by molar-refractivity contribution is -0.143. The van der Waals surface area contributed by atoms with Gasteiger partial charge >= 0.3 is 6.18 Å². The van der Waals surface area contributed by atoms with Gasteiger partial charge in [0, 0.05) is 30.7 Å². The second-order valence-electron chi connectivity index (χ2n) is 7.57. The van der Waals surface area contributed by atoms with Crippen LogP contribution in [0.2, 0.25) is 5.02 Å². The van der Waals surface area contributed by atoms with Gasteiger partial charge in [0.05, 0.1) is 29.7 Å². The lowest BCUT2D eigenvalue weighted by Gasteiger charge is -2.39. The molecular weight excluding hydrogens is 421 g/mol. The molecule has 6 nitrogen and oxygen atoms in total. The van der Waals surface area contributed by atoms with Gasteiger partial charge in [-0.2, -0.15) is 18.3 Å². The Morgan fingerprint density at radius 2 is 2.00 bits per heavy atom. The molecule has 2 heterocycles. The molecule has 1 amide bonds. The van der Waals surface area contributed by atoms with Crippen molar-refractivity contribution >= 4 is 17.5 Å². The highest BCUT2D eigenvalue weighted by molar-refractivity contribution is 6.30. The summed E-state index contributed by atoms with van der Waals surface area (Å²) in [5, 5.41) is 6.68. The van der Waals surface area contributed by atoms with E-state index < -0.39 is 23.3 Å². The van der Waals surface area contributed by atoms with Crippen LogP contribution in [-0.4, -0.2) is 58.5 Å². The van der Waals surface area contributed by atoms with Crippen molar-refractivity contribution in [3.05, 3.63) is 46.7 Å². The van der Waals surface area contributed by atoms with Crippen LogP contribution in [0.5, 0.6) is 0 Å². The molecule has 10 heteroatoms. The number of alkyl halides is 3. The maximum Gasteiger partial charge on any atom is 0.434 e. The minimum atomic E-state index is -4.77. The van der Waals surface area contributed by atoms with Crippen molar-refractivity contribution in [2.45, 2.75) is 45.2 Å². The summed E-state index contributed by atoms with van der Waals surface area (Å²) in [6.45, 7) is 7.45. The fourth-order valence-electron chi connectivity index (χ4n) is 3.63. The molecular formula is C20H24ClF3N4O2. The number of nitrogens with one attached hydrogen (secondary N) is 1. The fourth-order valence-corrected chi connectivity index (χ4v) is 3.82. The van der Waals surface area contributed by atoms with E-state index in [2.05, 4.69) is 15.3 Å². The molecule has 30 heavy (non-hydrogen) atoms. The maximum atomic E-state index is 13.8. The summed E-state index contributed by atoms with van der Waals surface area (Å²) in [7, 11) is 0. The molecule has 0 radical (unpaired) electrons. The van der Waals surface area contributed by atoms with Crippen molar-refractivity contribution in [2.75, 3.05) is 19.6 Å². The van der Waals surface area contributed by atoms with Gasteiger partial charge in [0.15, 0.2) is 5.69 Å². The van der Waals surface area contributed by atoms with Gasteiger partial charge in [-0.1, -0.05) is 17.7 Å². The van der Waals surface area contributed by atoms with Crippen LogP contribution >= 0.6 is 11.6 Å². The molecule has 0 bridgehead atoms. The van der Waals surface area contributed by atoms with Crippen LogP contribution in [-0.2, 0) is 10.9 Å². The second kappa shape index (κ2) is 8.95. The highest BCUT2D eigenvalue weighted by Crippen LogP contribution is 2.34. The first-order valence-corrected chi connectivity index (χ1v) is 10.0. The van der Waals surface area contributed by atoms with Crippen molar-refractivity contribution in [3.63, 3.8) is 0 Å². The van der Waals surface area contributed by atoms with E-state index in [-0.39, 0.29) is 35.5 Å². The Morgan fingerprint density at radius 3 is 2.60 bits per heavy atom. The van der Waals surface area contributed by atoms with Crippen molar-refractivity contribution in [1.29, 1.82) is 0 Å². The number of aromatic nitrogens is 2. The molecule has 1 aliphatic rings. The molecule has 1 aliphatic heterocycles. The third kappa shape index (κ3) is 5.14. The molecule has 1 aromatic carbocycles. The zero-order valence-corrected chi connectivity index (χ0v) is 17.7. The van der Waals surface area contributed by atoms with E-state index in [1.165, 1.54) is 18.2 Å². The van der Waals surface area contributed by atoms with E-state index in [1.54, 1.807) is 6.07 Å². The topological polar surface area (TPSA) is 59.4 Å². The van der Waals surface area contributed by atoms with Gasteiger partial charge < -0.3 is 10.1 Å². The third-order valence-corrected chi connectivity index (χ3v) is 5.20. The number of halogens is 4. The third-order valence-electron chi connectivity index (χ3n) is 4.96. The number of morpholine rings is 1. The predicted molar refractivity (Wildman–Crippen MR) is 107 cm³/mol. The maximum absolute atomic E-state index is 13.8. The fraction of sp³-hybridized carbons (Fsp3) is 0.500. The monoisotopic (exact) mass is 444 g/mol. The lowest BCUT2D eigenvalue weighted by atomic mass is 10.1. The summed E-state index contributed by atoms with van der Waals surface area (Å²) in [6.07, 6.45) is -3.73.